The number of para-hydroxylation sites is 1. The number of rotatable bonds is 9. The van der Waals surface area contributed by atoms with Crippen molar-refractivity contribution in [2.75, 3.05) is 47.0 Å². The van der Waals surface area contributed by atoms with E-state index in [2.05, 4.69) is 36.2 Å². The topological polar surface area (TPSA) is 199 Å². The number of piperidine rings is 1. The molecule has 0 aliphatic carbocycles. The minimum Gasteiger partial charge on any atom is -0.353 e. The average molecular weight is 771 g/mol. The van der Waals surface area contributed by atoms with Crippen molar-refractivity contribution in [1.82, 2.24) is 30.1 Å². The number of nitrogens with zero attached hydrogens (tertiary/aromatic N) is 6. The third-order valence-electron chi connectivity index (χ3n) is 9.37. The number of piperazine rings is 1. The quantitative estimate of drug-likeness (QED) is 0.143. The Morgan fingerprint density at radius 3 is 2.54 bits per heavy atom. The summed E-state index contributed by atoms with van der Waals surface area (Å²) in [5.41, 5.74) is 2.70. The van der Waals surface area contributed by atoms with Crippen LogP contribution >= 0.6 is 22.9 Å². The van der Waals surface area contributed by atoms with Gasteiger partial charge in [-0.3, -0.25) is 34.1 Å². The van der Waals surface area contributed by atoms with Gasteiger partial charge in [0.2, 0.25) is 23.6 Å². The summed E-state index contributed by atoms with van der Waals surface area (Å²) >= 11 is 7.43. The molecule has 2 aromatic heterocycles. The molecule has 2 saturated heterocycles. The highest BCUT2D eigenvalue weighted by molar-refractivity contribution is 7.17. The molecule has 6 amide bonds. The van der Waals surface area contributed by atoms with Gasteiger partial charge in [0.05, 0.1) is 16.9 Å². The predicted molar refractivity (Wildman–Crippen MR) is 201 cm³/mol. The predicted octanol–water partition coefficient (Wildman–Crippen LogP) is 3.64. The van der Waals surface area contributed by atoms with Gasteiger partial charge in [0.1, 0.15) is 34.8 Å². The smallest absolute Gasteiger partial charge is 0.267 e. The van der Waals surface area contributed by atoms with Gasteiger partial charge in [-0.15, -0.1) is 0 Å². The highest BCUT2D eigenvalue weighted by Gasteiger charge is 2.40. The number of fused-ring (bicyclic) bond motifs is 1. The lowest BCUT2D eigenvalue weighted by atomic mass is 10.0. The molecule has 16 nitrogen and oxygen atoms in total. The van der Waals surface area contributed by atoms with E-state index >= 15 is 0 Å². The molecule has 54 heavy (non-hydrogen) atoms. The van der Waals surface area contributed by atoms with E-state index in [1.807, 2.05) is 24.0 Å². The van der Waals surface area contributed by atoms with Gasteiger partial charge in [-0.1, -0.05) is 41.1 Å². The zero-order chi connectivity index (χ0) is 38.1. The van der Waals surface area contributed by atoms with Crippen LogP contribution in [0.1, 0.15) is 56.2 Å². The molecule has 0 bridgehead atoms. The Morgan fingerprint density at radius 2 is 1.78 bits per heavy atom. The van der Waals surface area contributed by atoms with Gasteiger partial charge in [-0.25, -0.2) is 15.0 Å². The second kappa shape index (κ2) is 15.2. The SMILES string of the molecule is Cc1nc(Nc2ncc(C(=O)Nc3c(C)cccc3Cl)s2)cc(N2CCN(C(=O)CC(=O)Nc3cccc4c3CN(C3CCC(=O)NC3=O)C4=O)CC2)n1. The number of carbonyl (C=O) groups is 6. The van der Waals surface area contributed by atoms with Gasteiger partial charge < -0.3 is 30.7 Å². The maximum Gasteiger partial charge on any atom is 0.267 e. The molecule has 1 unspecified atom stereocenters. The molecule has 4 aromatic rings. The van der Waals surface area contributed by atoms with E-state index in [4.69, 9.17) is 11.6 Å². The first kappa shape index (κ1) is 36.4. The van der Waals surface area contributed by atoms with E-state index in [0.717, 1.165) is 16.9 Å². The monoisotopic (exact) mass is 770 g/mol. The molecule has 0 saturated carbocycles. The molecule has 0 radical (unpaired) electrons. The number of hydrogen-bond acceptors (Lipinski definition) is 12. The number of thiazole rings is 1. The number of halogens is 1. The van der Waals surface area contributed by atoms with Crippen LogP contribution in [0.15, 0.2) is 48.7 Å². The number of amides is 6. The normalized spacial score (nSPS) is 16.9. The Balaban J connectivity index is 0.920. The van der Waals surface area contributed by atoms with Crippen molar-refractivity contribution in [2.45, 2.75) is 45.7 Å². The van der Waals surface area contributed by atoms with Crippen LogP contribution in [0.2, 0.25) is 5.02 Å². The van der Waals surface area contributed by atoms with Gasteiger partial charge >= 0.3 is 0 Å². The van der Waals surface area contributed by atoms with Gasteiger partial charge in [0.15, 0.2) is 5.13 Å². The first-order valence-electron chi connectivity index (χ1n) is 17.2. The number of aromatic nitrogens is 3. The second-order valence-corrected chi connectivity index (χ2v) is 14.5. The van der Waals surface area contributed by atoms with Crippen LogP contribution in [0.25, 0.3) is 0 Å². The molecule has 4 N–H and O–H groups in total. The van der Waals surface area contributed by atoms with Crippen molar-refractivity contribution in [1.29, 1.82) is 0 Å². The minimum absolute atomic E-state index is 0.0960. The van der Waals surface area contributed by atoms with Gasteiger partial charge in [0.25, 0.3) is 11.8 Å². The lowest BCUT2D eigenvalue weighted by Crippen LogP contribution is -2.52. The molecular formula is C36H35ClN10O6S. The Kier molecular flexibility index (Phi) is 10.2. The standard InChI is InChI=1S/C36H35ClN10O6S/c1-19-5-3-7-23(37)32(19)44-34(52)26-17-38-36(54-26)42-27-15-28(40-20(2)39-27)45-11-13-46(14-12-45)31(50)16-30(49)41-24-8-4-6-21-22(24)18-47(35(21)53)25-9-10-29(48)43-33(25)51/h3-8,15,17,25H,9-14,16,18H2,1-2H3,(H,41,49)(H,44,52)(H,43,48,51)(H,38,39,40,42). The van der Waals surface area contributed by atoms with E-state index in [1.165, 1.54) is 11.1 Å². The molecule has 2 fully saturated rings. The van der Waals surface area contributed by atoms with Crippen LogP contribution in [-0.4, -0.2) is 92.4 Å². The van der Waals surface area contributed by atoms with E-state index < -0.39 is 17.9 Å². The molecule has 1 atom stereocenters. The largest absolute Gasteiger partial charge is 0.353 e. The van der Waals surface area contributed by atoms with Crippen molar-refractivity contribution in [3.05, 3.63) is 81.1 Å². The maximum absolute atomic E-state index is 13.2. The number of anilines is 5. The Bertz CT molecular complexity index is 2180. The maximum atomic E-state index is 13.2. The number of carbonyl (C=O) groups excluding carboxylic acids is 6. The molecular weight excluding hydrogens is 736 g/mol. The zero-order valence-electron chi connectivity index (χ0n) is 29.3. The second-order valence-electron chi connectivity index (χ2n) is 13.0. The number of imide groups is 1. The molecule has 3 aliphatic heterocycles. The van der Waals surface area contributed by atoms with E-state index in [9.17, 15) is 28.8 Å². The van der Waals surface area contributed by atoms with Crippen LogP contribution in [0.4, 0.5) is 28.1 Å². The van der Waals surface area contributed by atoms with Gasteiger partial charge in [-0.05, 0) is 44.0 Å². The summed E-state index contributed by atoms with van der Waals surface area (Å²) in [7, 11) is 0. The number of nitrogens with one attached hydrogen (secondary N) is 4. The van der Waals surface area contributed by atoms with E-state index in [0.29, 0.717) is 81.2 Å². The summed E-state index contributed by atoms with van der Waals surface area (Å²) in [6, 6.07) is 11.3. The Hall–Kier alpha value is -5.94. The number of benzene rings is 2. The molecule has 18 heteroatoms. The number of aryl methyl sites for hydroxylation is 2. The summed E-state index contributed by atoms with van der Waals surface area (Å²) in [6.07, 6.45) is 1.45. The van der Waals surface area contributed by atoms with Crippen molar-refractivity contribution in [2.24, 2.45) is 0 Å². The fourth-order valence-electron chi connectivity index (χ4n) is 6.62. The molecule has 278 valence electrons. The summed E-state index contributed by atoms with van der Waals surface area (Å²) in [5.74, 6) is -0.780. The van der Waals surface area contributed by atoms with Crippen LogP contribution in [0, 0.1) is 13.8 Å². The van der Waals surface area contributed by atoms with Gasteiger partial charge in [-0.2, -0.15) is 0 Å². The lowest BCUT2D eigenvalue weighted by molar-refractivity contribution is -0.137. The van der Waals surface area contributed by atoms with Crippen LogP contribution in [0.3, 0.4) is 0 Å². The van der Waals surface area contributed by atoms with Crippen LogP contribution in [0.5, 0.6) is 0 Å². The highest BCUT2D eigenvalue weighted by Crippen LogP contribution is 2.33. The van der Waals surface area contributed by atoms with Crippen molar-refractivity contribution in [3.8, 4) is 0 Å². The Labute approximate surface area is 318 Å². The fourth-order valence-corrected chi connectivity index (χ4v) is 7.61. The minimum atomic E-state index is -0.780. The summed E-state index contributed by atoms with van der Waals surface area (Å²) < 4.78 is 0. The Morgan fingerprint density at radius 1 is 1.00 bits per heavy atom. The summed E-state index contributed by atoms with van der Waals surface area (Å²) in [4.78, 5) is 95.2. The van der Waals surface area contributed by atoms with Crippen molar-refractivity contribution < 1.29 is 28.8 Å². The average Bonchev–Trinajstić information content (AvgIpc) is 3.74. The first-order chi connectivity index (χ1) is 25.9. The van der Waals surface area contributed by atoms with E-state index in [1.54, 1.807) is 42.2 Å². The molecule has 5 heterocycles. The van der Waals surface area contributed by atoms with Gasteiger partial charge in [0, 0.05) is 62.0 Å². The highest BCUT2D eigenvalue weighted by atomic mass is 35.5. The number of hydrogen-bond donors (Lipinski definition) is 4. The first-order valence-corrected chi connectivity index (χ1v) is 18.4. The van der Waals surface area contributed by atoms with Crippen molar-refractivity contribution in [3.63, 3.8) is 0 Å². The summed E-state index contributed by atoms with van der Waals surface area (Å²) in [5, 5.41) is 12.0. The lowest BCUT2D eigenvalue weighted by Gasteiger charge is -2.35. The molecule has 2 aromatic carbocycles. The van der Waals surface area contributed by atoms with Crippen LogP contribution in [-0.2, 0) is 25.7 Å². The molecule has 0 spiro atoms. The summed E-state index contributed by atoms with van der Waals surface area (Å²) in [6.45, 7) is 5.39. The van der Waals surface area contributed by atoms with Crippen LogP contribution < -0.4 is 26.2 Å². The zero-order valence-corrected chi connectivity index (χ0v) is 30.8. The third-order valence-corrected chi connectivity index (χ3v) is 10.6. The fraction of sp³-hybridized carbons (Fsp3) is 0.306. The molecule has 3 aliphatic rings. The third kappa shape index (κ3) is 7.72. The van der Waals surface area contributed by atoms with E-state index in [-0.39, 0.29) is 49.4 Å². The molecule has 7 rings (SSSR count). The van der Waals surface area contributed by atoms with Crippen molar-refractivity contribution >= 4 is 86.5 Å².